The number of carbonyl (C=O) groups is 3. The fourth-order valence-corrected chi connectivity index (χ4v) is 5.19. The maximum atomic E-state index is 14.8. The normalized spacial score (nSPS) is 17.6. The summed E-state index contributed by atoms with van der Waals surface area (Å²) in [6.07, 6.45) is -0.979. The molecule has 1 aliphatic carbocycles. The number of cyclic esters (lactones) is 1. The highest BCUT2D eigenvalue weighted by Crippen LogP contribution is 2.39. The summed E-state index contributed by atoms with van der Waals surface area (Å²) in [6, 6.07) is 11.2. The van der Waals surface area contributed by atoms with Crippen LogP contribution in [-0.2, 0) is 14.3 Å². The molecular formula is C30H24ClF3N6O4. The summed E-state index contributed by atoms with van der Waals surface area (Å²) in [7, 11) is 0. The van der Waals surface area contributed by atoms with Crippen LogP contribution in [0.2, 0.25) is 5.02 Å². The lowest BCUT2D eigenvalue weighted by Crippen LogP contribution is -2.56. The smallest absolute Gasteiger partial charge is 0.416 e. The molecule has 1 N–H and O–H groups in total. The predicted molar refractivity (Wildman–Crippen MR) is 152 cm³/mol. The third-order valence-electron chi connectivity index (χ3n) is 6.95. The van der Waals surface area contributed by atoms with Gasteiger partial charge in [-0.05, 0) is 36.4 Å². The van der Waals surface area contributed by atoms with Crippen LogP contribution in [0.5, 0.6) is 0 Å². The maximum Gasteiger partial charge on any atom is 0.416 e. The van der Waals surface area contributed by atoms with Crippen molar-refractivity contribution in [3.05, 3.63) is 88.3 Å². The van der Waals surface area contributed by atoms with E-state index in [0.29, 0.717) is 0 Å². The van der Waals surface area contributed by atoms with Gasteiger partial charge in [0, 0.05) is 41.4 Å². The van der Waals surface area contributed by atoms with Gasteiger partial charge in [-0.25, -0.2) is 27.8 Å². The third kappa shape index (κ3) is 6.28. The minimum absolute atomic E-state index is 0. The summed E-state index contributed by atoms with van der Waals surface area (Å²) >= 11 is 6.47. The van der Waals surface area contributed by atoms with Crippen LogP contribution in [0.4, 0.5) is 29.5 Å². The van der Waals surface area contributed by atoms with Crippen LogP contribution in [0.15, 0.2) is 60.8 Å². The molecule has 2 heterocycles. The number of nitrogens with zero attached hydrogens (tertiary/aromatic N) is 5. The maximum absolute atomic E-state index is 14.8. The lowest BCUT2D eigenvalue weighted by atomic mass is 9.87. The number of nitriles is 2. The van der Waals surface area contributed by atoms with E-state index in [2.05, 4.69) is 10.3 Å². The number of ether oxygens (including phenoxy) is 1. The monoisotopic (exact) mass is 624 g/mol. The molecule has 0 spiro atoms. The Bertz CT molecular complexity index is 1700. The van der Waals surface area contributed by atoms with E-state index in [-0.39, 0.29) is 40.6 Å². The zero-order chi connectivity index (χ0) is 30.9. The van der Waals surface area contributed by atoms with Gasteiger partial charge < -0.3 is 10.1 Å². The molecule has 44 heavy (non-hydrogen) atoms. The predicted octanol–water partition coefficient (Wildman–Crippen LogP) is 5.27. The van der Waals surface area contributed by atoms with Crippen molar-refractivity contribution in [1.82, 2.24) is 10.3 Å². The molecule has 3 amide bonds. The van der Waals surface area contributed by atoms with Gasteiger partial charge in [-0.15, -0.1) is 0 Å². The molecule has 10 nitrogen and oxygen atoms in total. The van der Waals surface area contributed by atoms with Gasteiger partial charge in [0.25, 0.3) is 11.8 Å². The van der Waals surface area contributed by atoms with Gasteiger partial charge in [0.1, 0.15) is 24.3 Å². The van der Waals surface area contributed by atoms with Crippen LogP contribution in [0.3, 0.4) is 0 Å². The van der Waals surface area contributed by atoms with Crippen LogP contribution in [0.1, 0.15) is 43.0 Å². The number of benzene rings is 2. The summed E-state index contributed by atoms with van der Waals surface area (Å²) in [5.41, 5.74) is -0.255. The van der Waals surface area contributed by atoms with Crippen molar-refractivity contribution in [1.29, 1.82) is 10.5 Å². The molecule has 1 aliphatic heterocycles. The van der Waals surface area contributed by atoms with E-state index in [1.165, 1.54) is 36.5 Å². The molecule has 2 aliphatic rings. The number of aromatic nitrogens is 1. The first-order valence-electron chi connectivity index (χ1n) is 12.8. The molecule has 1 saturated heterocycles. The zero-order valence-electron chi connectivity index (χ0n) is 22.0. The Kier molecular flexibility index (Phi) is 9.11. The molecule has 2 fully saturated rings. The zero-order valence-corrected chi connectivity index (χ0v) is 22.8. The average Bonchev–Trinajstić information content (AvgIpc) is 3.35. The number of nitrogens with one attached hydrogen (secondary N) is 1. The molecule has 2 atom stereocenters. The number of hydrogen-bond acceptors (Lipinski definition) is 7. The van der Waals surface area contributed by atoms with Crippen molar-refractivity contribution in [2.45, 2.75) is 44.3 Å². The number of carbonyl (C=O) groups excluding carboxylic acids is 3. The summed E-state index contributed by atoms with van der Waals surface area (Å²) in [6.45, 7) is -0.515. The molecule has 1 saturated carbocycles. The number of hydrogen-bond donors (Lipinski definition) is 1. The first-order valence-corrected chi connectivity index (χ1v) is 13.2. The molecular weight excluding hydrogens is 601 g/mol. The van der Waals surface area contributed by atoms with Crippen LogP contribution in [-0.4, -0.2) is 47.5 Å². The van der Waals surface area contributed by atoms with Crippen LogP contribution in [0, 0.1) is 28.5 Å². The Morgan fingerprint density at radius 3 is 2.48 bits per heavy atom. The lowest BCUT2D eigenvalue weighted by molar-refractivity contribution is -0.133. The number of alkyl halides is 2. The Hall–Kier alpha value is -5.14. The fourth-order valence-electron chi connectivity index (χ4n) is 4.96. The fraction of sp³-hybridized carbons (Fsp3) is 0.267. The van der Waals surface area contributed by atoms with E-state index in [0.717, 1.165) is 28.0 Å². The van der Waals surface area contributed by atoms with Gasteiger partial charge in [0.15, 0.2) is 6.04 Å². The van der Waals surface area contributed by atoms with E-state index in [1.54, 1.807) is 12.1 Å². The molecule has 14 heteroatoms. The van der Waals surface area contributed by atoms with E-state index < -0.39 is 67.2 Å². The number of halogens is 4. The second kappa shape index (κ2) is 12.6. The van der Waals surface area contributed by atoms with E-state index >= 15 is 0 Å². The summed E-state index contributed by atoms with van der Waals surface area (Å²) in [4.78, 5) is 46.9. The summed E-state index contributed by atoms with van der Waals surface area (Å²) < 4.78 is 47.2. The van der Waals surface area contributed by atoms with Crippen molar-refractivity contribution in [2.75, 3.05) is 16.4 Å². The third-order valence-corrected chi connectivity index (χ3v) is 7.29. The summed E-state index contributed by atoms with van der Waals surface area (Å²) in [5.74, 6) is -5.87. The Morgan fingerprint density at radius 2 is 1.82 bits per heavy atom. The molecule has 2 aromatic carbocycles. The highest BCUT2D eigenvalue weighted by molar-refractivity contribution is 6.31. The molecule has 3 aromatic rings. The molecule has 0 bridgehead atoms. The van der Waals surface area contributed by atoms with Crippen molar-refractivity contribution in [3.8, 4) is 12.1 Å². The second-order valence-corrected chi connectivity index (χ2v) is 10.3. The highest BCUT2D eigenvalue weighted by Gasteiger charge is 2.49. The highest BCUT2D eigenvalue weighted by atomic mass is 35.5. The number of anilines is 2. The van der Waals surface area contributed by atoms with Crippen molar-refractivity contribution in [2.24, 2.45) is 0 Å². The van der Waals surface area contributed by atoms with Gasteiger partial charge in [-0.2, -0.15) is 10.5 Å². The molecule has 1 aromatic heterocycles. The van der Waals surface area contributed by atoms with Gasteiger partial charge in [0.05, 0.1) is 23.3 Å². The number of rotatable bonds is 7. The Labute approximate surface area is 255 Å². The van der Waals surface area contributed by atoms with E-state index in [1.807, 2.05) is 6.07 Å². The SMILES string of the molecule is C.N#Cc1cc(F)cc(N(C(=O)[C@@H]2COC(=O)N2c2cc(C#N)ccn2)[C@H](C(=O)NC2CC(F)(F)C2)c2ccccc2Cl)c1. The minimum atomic E-state index is -2.97. The van der Waals surface area contributed by atoms with Gasteiger partial charge in [-0.1, -0.05) is 37.2 Å². The van der Waals surface area contributed by atoms with Gasteiger partial charge in [-0.3, -0.25) is 14.5 Å². The first-order chi connectivity index (χ1) is 20.5. The lowest BCUT2D eigenvalue weighted by Gasteiger charge is -2.39. The van der Waals surface area contributed by atoms with Gasteiger partial charge >= 0.3 is 6.09 Å². The molecule has 5 rings (SSSR count). The number of amides is 3. The van der Waals surface area contributed by atoms with Crippen LogP contribution >= 0.6 is 11.6 Å². The summed E-state index contributed by atoms with van der Waals surface area (Å²) in [5, 5.41) is 21.4. The quantitative estimate of drug-likeness (QED) is 0.378. The average molecular weight is 625 g/mol. The van der Waals surface area contributed by atoms with Crippen LogP contribution in [0.25, 0.3) is 0 Å². The minimum Gasteiger partial charge on any atom is -0.446 e. The van der Waals surface area contributed by atoms with Crippen molar-refractivity contribution in [3.63, 3.8) is 0 Å². The Balaban J connectivity index is 0.00000442. The van der Waals surface area contributed by atoms with Crippen LogP contribution < -0.4 is 15.1 Å². The van der Waals surface area contributed by atoms with E-state index in [4.69, 9.17) is 16.3 Å². The molecule has 0 unspecified atom stereocenters. The largest absolute Gasteiger partial charge is 0.446 e. The topological polar surface area (TPSA) is 139 Å². The molecule has 226 valence electrons. The van der Waals surface area contributed by atoms with Gasteiger partial charge in [0.2, 0.25) is 5.91 Å². The first kappa shape index (κ1) is 31.8. The standard InChI is InChI=1S/C29H20ClF3N6O4.CH4/c30-22-4-2-1-3-21(22)25(26(40)37-19-11-29(32,33)12-19)38(20-8-17(14-35)7-18(31)10-20)27(41)23-15-43-28(42)39(23)24-9-16(13-34)5-6-36-24;/h1-10,19,23,25H,11-12,15H2,(H,37,40);1H4/t23-,25-;/m0./s1. The number of pyridine rings is 1. The molecule has 0 radical (unpaired) electrons. The van der Waals surface area contributed by atoms with E-state index in [9.17, 15) is 38.1 Å². The van der Waals surface area contributed by atoms with Crippen molar-refractivity contribution >= 4 is 41.0 Å². The second-order valence-electron chi connectivity index (χ2n) is 9.89. The van der Waals surface area contributed by atoms with Crippen molar-refractivity contribution < 1.29 is 32.3 Å². The Morgan fingerprint density at radius 1 is 1.11 bits per heavy atom.